The number of hydrogen-bond acceptors (Lipinski definition) is 6. The molecule has 0 radical (unpaired) electrons. The van der Waals surface area contributed by atoms with E-state index in [0.717, 1.165) is 87.0 Å². The molecule has 0 aliphatic heterocycles. The van der Waals surface area contributed by atoms with Crippen LogP contribution in [0.15, 0.2) is 11.6 Å². The predicted octanol–water partition coefficient (Wildman–Crippen LogP) is 9.38. The molecule has 0 aromatic rings. The van der Waals surface area contributed by atoms with Crippen molar-refractivity contribution in [2.75, 3.05) is 24.6 Å². The van der Waals surface area contributed by atoms with Crippen LogP contribution >= 0.6 is 34.0 Å². The highest BCUT2D eigenvalue weighted by Gasteiger charge is 2.59. The highest BCUT2D eigenvalue weighted by atomic mass is 35.5. The Morgan fingerprint density at radius 1 is 0.956 bits per heavy atom. The van der Waals surface area contributed by atoms with Crippen LogP contribution in [0.3, 0.4) is 0 Å². The Hall–Kier alpha value is -0.370. The summed E-state index contributed by atoms with van der Waals surface area (Å²) in [5.74, 6) is 5.63. The van der Waals surface area contributed by atoms with Crippen LogP contribution in [-0.4, -0.2) is 42.6 Å². The van der Waals surface area contributed by atoms with Crippen molar-refractivity contribution < 1.29 is 14.3 Å². The number of halogens is 1. The molecule has 3 saturated carbocycles. The Morgan fingerprint density at radius 3 is 2.47 bits per heavy atom. The molecular weight excluding hydrogens is 620 g/mol. The zero-order chi connectivity index (χ0) is 31.7. The molecule has 8 atom stereocenters. The highest BCUT2D eigenvalue weighted by Crippen LogP contribution is 2.67. The Kier molecular flexibility index (Phi) is 16.0. The second-order valence-corrected chi connectivity index (χ2v) is 18.2. The van der Waals surface area contributed by atoms with Gasteiger partial charge in [-0.2, -0.15) is 0 Å². The fourth-order valence-electron chi connectivity index (χ4n) is 10.1. The second-order valence-electron chi connectivity index (χ2n) is 15.7. The summed E-state index contributed by atoms with van der Waals surface area (Å²) in [7, 11) is 2.88. The first-order valence-corrected chi connectivity index (χ1v) is 20.7. The van der Waals surface area contributed by atoms with Crippen LogP contribution in [0.25, 0.3) is 0 Å². The zero-order valence-electron chi connectivity index (χ0n) is 29.1. The molecule has 8 heteroatoms. The molecule has 0 aromatic carbocycles. The first kappa shape index (κ1) is 39.1. The normalized spacial score (nSPS) is 32.9. The standard InChI is InChI=1S/C37H64N2O3S2.ClH/c1-26(2)11-10-12-27(3)31-15-16-32-30-14-13-28-23-29(17-19-36(28,4)33(30)18-20-37(31,32)5)42-35(41)25-44-43-24-34(40)39-22-9-7-6-8-21-38;/h13,26-27,29-33H,6-12,14-25,38H2,1-5H3,(H,39,40);1H/t27?,29-,30-,31+,32-,33-,36-,37+;/m0./s1. The van der Waals surface area contributed by atoms with Crippen LogP contribution in [0.4, 0.5) is 0 Å². The maximum atomic E-state index is 12.7. The Balaban J connectivity index is 0.00000552. The number of hydrogen-bond donors (Lipinski definition) is 2. The van der Waals surface area contributed by atoms with Gasteiger partial charge in [0.1, 0.15) is 11.9 Å². The van der Waals surface area contributed by atoms with Crippen LogP contribution < -0.4 is 11.1 Å². The summed E-state index contributed by atoms with van der Waals surface area (Å²) in [5.41, 5.74) is 7.89. The van der Waals surface area contributed by atoms with Gasteiger partial charge in [0.25, 0.3) is 0 Å². The summed E-state index contributed by atoms with van der Waals surface area (Å²) in [5, 5.41) is 2.97. The molecule has 0 heterocycles. The Labute approximate surface area is 289 Å². The first-order chi connectivity index (χ1) is 21.1. The molecular formula is C37H65ClN2O3S2. The van der Waals surface area contributed by atoms with Crippen molar-refractivity contribution in [3.8, 4) is 0 Å². The van der Waals surface area contributed by atoms with Crippen molar-refractivity contribution in [2.24, 2.45) is 52.1 Å². The third kappa shape index (κ3) is 10.1. The first-order valence-electron chi connectivity index (χ1n) is 18.2. The van der Waals surface area contributed by atoms with Gasteiger partial charge in [0.2, 0.25) is 5.91 Å². The van der Waals surface area contributed by atoms with Gasteiger partial charge in [0.15, 0.2) is 0 Å². The van der Waals surface area contributed by atoms with Gasteiger partial charge in [-0.3, -0.25) is 9.59 Å². The lowest BCUT2D eigenvalue weighted by molar-refractivity contribution is -0.148. The van der Waals surface area contributed by atoms with Crippen LogP contribution in [0.5, 0.6) is 0 Å². The molecule has 0 bridgehead atoms. The minimum atomic E-state index is -0.140. The average molecular weight is 686 g/mol. The van der Waals surface area contributed by atoms with E-state index in [4.69, 9.17) is 10.5 Å². The number of carbonyl (C=O) groups excluding carboxylic acids is 2. The number of amides is 1. The Bertz CT molecular complexity index is 979. The fourth-order valence-corrected chi connectivity index (χ4v) is 11.7. The smallest absolute Gasteiger partial charge is 0.317 e. The maximum Gasteiger partial charge on any atom is 0.317 e. The highest BCUT2D eigenvalue weighted by molar-refractivity contribution is 8.77. The molecule has 3 fully saturated rings. The molecule has 0 aromatic heterocycles. The summed E-state index contributed by atoms with van der Waals surface area (Å²) >= 11 is 0. The summed E-state index contributed by atoms with van der Waals surface area (Å²) in [6.45, 7) is 14.0. The zero-order valence-corrected chi connectivity index (χ0v) is 31.5. The molecule has 3 N–H and O–H groups in total. The SMILES string of the molecule is CC(C)CCCC(C)[C@H]1CC[C@H]2[C@@H]3CC=C4C[C@@H](OC(=O)CSSCC(=O)NCCCCCCN)CC[C@]4(C)[C@H]3CC[C@]12C.Cl. The predicted molar refractivity (Wildman–Crippen MR) is 196 cm³/mol. The number of esters is 1. The van der Waals surface area contributed by atoms with E-state index in [1.165, 1.54) is 73.0 Å². The van der Waals surface area contributed by atoms with E-state index in [2.05, 4.69) is 46.0 Å². The van der Waals surface area contributed by atoms with E-state index in [1.807, 2.05) is 0 Å². The average Bonchev–Trinajstić information content (AvgIpc) is 3.34. The van der Waals surface area contributed by atoms with Crippen molar-refractivity contribution in [1.82, 2.24) is 5.32 Å². The van der Waals surface area contributed by atoms with Crippen LogP contribution in [0.2, 0.25) is 0 Å². The molecule has 45 heavy (non-hydrogen) atoms. The third-order valence-corrected chi connectivity index (χ3v) is 14.6. The van der Waals surface area contributed by atoms with Gasteiger partial charge in [-0.05, 0) is 111 Å². The summed E-state index contributed by atoms with van der Waals surface area (Å²) < 4.78 is 5.99. The largest absolute Gasteiger partial charge is 0.461 e. The summed E-state index contributed by atoms with van der Waals surface area (Å²) in [6, 6.07) is 0. The monoisotopic (exact) mass is 684 g/mol. The summed E-state index contributed by atoms with van der Waals surface area (Å²) in [4.78, 5) is 24.7. The molecule has 4 aliphatic carbocycles. The lowest BCUT2D eigenvalue weighted by atomic mass is 9.47. The van der Waals surface area contributed by atoms with E-state index in [9.17, 15) is 9.59 Å². The van der Waals surface area contributed by atoms with Gasteiger partial charge in [0.05, 0.1) is 5.75 Å². The van der Waals surface area contributed by atoms with E-state index in [-0.39, 0.29) is 35.8 Å². The number of fused-ring (bicyclic) bond motifs is 5. The molecule has 4 aliphatic rings. The van der Waals surface area contributed by atoms with Crippen LogP contribution in [-0.2, 0) is 14.3 Å². The fraction of sp³-hybridized carbons (Fsp3) is 0.892. The topological polar surface area (TPSA) is 81.4 Å². The third-order valence-electron chi connectivity index (χ3n) is 12.5. The number of ether oxygens (including phenoxy) is 1. The quantitative estimate of drug-likeness (QED) is 0.0688. The molecule has 4 rings (SSSR count). The van der Waals surface area contributed by atoms with E-state index in [1.54, 1.807) is 5.57 Å². The number of nitrogens with one attached hydrogen (secondary N) is 1. The molecule has 1 unspecified atom stereocenters. The van der Waals surface area contributed by atoms with E-state index >= 15 is 0 Å². The number of nitrogens with two attached hydrogens (primary N) is 1. The van der Waals surface area contributed by atoms with Gasteiger partial charge in [-0.1, -0.05) is 100.0 Å². The maximum absolute atomic E-state index is 12.7. The van der Waals surface area contributed by atoms with E-state index < -0.39 is 0 Å². The van der Waals surface area contributed by atoms with Gasteiger partial charge < -0.3 is 15.8 Å². The van der Waals surface area contributed by atoms with Crippen molar-refractivity contribution in [1.29, 1.82) is 0 Å². The summed E-state index contributed by atoms with van der Waals surface area (Å²) in [6.07, 6.45) is 20.9. The minimum absolute atomic E-state index is 0. The second kappa shape index (κ2) is 18.4. The number of unbranched alkanes of at least 4 members (excludes halogenated alkanes) is 3. The van der Waals surface area contributed by atoms with Crippen molar-refractivity contribution in [2.45, 2.75) is 137 Å². The Morgan fingerprint density at radius 2 is 1.71 bits per heavy atom. The lowest BCUT2D eigenvalue weighted by Gasteiger charge is -2.58. The van der Waals surface area contributed by atoms with Crippen LogP contribution in [0.1, 0.15) is 131 Å². The molecule has 0 spiro atoms. The van der Waals surface area contributed by atoms with Crippen molar-refractivity contribution in [3.63, 3.8) is 0 Å². The number of carbonyl (C=O) groups is 2. The van der Waals surface area contributed by atoms with Gasteiger partial charge in [-0.15, -0.1) is 12.4 Å². The van der Waals surface area contributed by atoms with Crippen LogP contribution in [0, 0.1) is 46.3 Å². The minimum Gasteiger partial charge on any atom is -0.461 e. The molecule has 5 nitrogen and oxygen atoms in total. The number of rotatable bonds is 17. The molecule has 1 amide bonds. The molecule has 260 valence electrons. The van der Waals surface area contributed by atoms with Crippen molar-refractivity contribution in [3.05, 3.63) is 11.6 Å². The van der Waals surface area contributed by atoms with Gasteiger partial charge >= 0.3 is 5.97 Å². The van der Waals surface area contributed by atoms with E-state index in [0.29, 0.717) is 23.5 Å². The lowest BCUT2D eigenvalue weighted by Crippen LogP contribution is -2.51. The van der Waals surface area contributed by atoms with Gasteiger partial charge in [-0.25, -0.2) is 0 Å². The number of allylic oxidation sites excluding steroid dienone is 1. The molecule has 0 saturated heterocycles. The van der Waals surface area contributed by atoms with Gasteiger partial charge in [0, 0.05) is 13.0 Å². The van der Waals surface area contributed by atoms with Crippen molar-refractivity contribution >= 4 is 45.9 Å².